The molecular weight excluding hydrogens is 529 g/mol. The van der Waals surface area contributed by atoms with Crippen LogP contribution in [-0.2, 0) is 32.6 Å². The van der Waals surface area contributed by atoms with Gasteiger partial charge in [-0.1, -0.05) is 68.3 Å². The number of hydrogen-bond donors (Lipinski definition) is 1. The summed E-state index contributed by atoms with van der Waals surface area (Å²) in [7, 11) is -4.14. The van der Waals surface area contributed by atoms with E-state index >= 15 is 0 Å². The van der Waals surface area contributed by atoms with Crippen molar-refractivity contribution in [2.75, 3.05) is 10.8 Å². The van der Waals surface area contributed by atoms with Gasteiger partial charge in [-0.15, -0.1) is 0 Å². The van der Waals surface area contributed by atoms with Gasteiger partial charge in [0.2, 0.25) is 11.8 Å². The molecule has 212 valence electrons. The standard InChI is InChI=1S/C31H36FN3O4S/c1-3-24-17-19-27(20-18-24)35(40(38,39)28-14-5-4-6-15-28)22-30(36)34(21-25-11-7-10-16-29(25)32)23(2)31(37)33-26-12-8-9-13-26/h4-7,10-11,14-20,23,26H,3,8-9,12-13,21-22H2,1-2H3,(H,33,37)/t23-/m1/s1. The largest absolute Gasteiger partial charge is 0.352 e. The molecule has 3 aromatic carbocycles. The molecule has 1 aliphatic carbocycles. The van der Waals surface area contributed by atoms with Crippen molar-refractivity contribution < 1.29 is 22.4 Å². The molecule has 0 aromatic heterocycles. The monoisotopic (exact) mass is 565 g/mol. The SMILES string of the molecule is CCc1ccc(N(CC(=O)N(Cc2ccccc2F)[C@H](C)C(=O)NC2CCCC2)S(=O)(=O)c2ccccc2)cc1. The highest BCUT2D eigenvalue weighted by molar-refractivity contribution is 7.92. The average molecular weight is 566 g/mol. The number of rotatable bonds is 11. The van der Waals surface area contributed by atoms with Crippen molar-refractivity contribution >= 4 is 27.5 Å². The number of carbonyl (C=O) groups is 2. The number of benzene rings is 3. The fourth-order valence-electron chi connectivity index (χ4n) is 4.93. The van der Waals surface area contributed by atoms with Crippen LogP contribution in [0.1, 0.15) is 50.7 Å². The predicted molar refractivity (Wildman–Crippen MR) is 154 cm³/mol. The smallest absolute Gasteiger partial charge is 0.264 e. The van der Waals surface area contributed by atoms with Crippen molar-refractivity contribution in [2.45, 2.75) is 69.5 Å². The summed E-state index contributed by atoms with van der Waals surface area (Å²) < 4.78 is 43.3. The lowest BCUT2D eigenvalue weighted by atomic mass is 10.1. The average Bonchev–Trinajstić information content (AvgIpc) is 3.48. The first kappa shape index (κ1) is 29.3. The van der Waals surface area contributed by atoms with E-state index in [4.69, 9.17) is 0 Å². The van der Waals surface area contributed by atoms with Crippen LogP contribution >= 0.6 is 0 Å². The zero-order chi connectivity index (χ0) is 28.7. The van der Waals surface area contributed by atoms with Gasteiger partial charge in [0.1, 0.15) is 18.4 Å². The Bertz CT molecular complexity index is 1410. The number of nitrogens with one attached hydrogen (secondary N) is 1. The summed E-state index contributed by atoms with van der Waals surface area (Å²) in [5.74, 6) is -1.47. The third-order valence-electron chi connectivity index (χ3n) is 7.41. The van der Waals surface area contributed by atoms with Crippen LogP contribution in [0.2, 0.25) is 0 Å². The fraction of sp³-hybridized carbons (Fsp3) is 0.355. The topological polar surface area (TPSA) is 86.8 Å². The van der Waals surface area contributed by atoms with E-state index < -0.39 is 34.3 Å². The molecular formula is C31H36FN3O4S. The van der Waals surface area contributed by atoms with Crippen LogP contribution < -0.4 is 9.62 Å². The number of amides is 2. The summed E-state index contributed by atoms with van der Waals surface area (Å²) in [6.45, 7) is 2.85. The van der Waals surface area contributed by atoms with Gasteiger partial charge in [-0.2, -0.15) is 0 Å². The van der Waals surface area contributed by atoms with E-state index in [9.17, 15) is 22.4 Å². The number of hydrogen-bond acceptors (Lipinski definition) is 4. The summed E-state index contributed by atoms with van der Waals surface area (Å²) in [6, 6.07) is 20.0. The summed E-state index contributed by atoms with van der Waals surface area (Å²) >= 11 is 0. The van der Waals surface area contributed by atoms with Gasteiger partial charge in [-0.3, -0.25) is 13.9 Å². The Labute approximate surface area is 236 Å². The number of nitrogens with zero attached hydrogens (tertiary/aromatic N) is 2. The number of sulfonamides is 1. The summed E-state index contributed by atoms with van der Waals surface area (Å²) in [4.78, 5) is 28.5. The van der Waals surface area contributed by atoms with E-state index in [1.165, 1.54) is 23.1 Å². The van der Waals surface area contributed by atoms with Crippen molar-refractivity contribution in [3.05, 3.63) is 95.8 Å². The highest BCUT2D eigenvalue weighted by Gasteiger charge is 2.33. The Morgan fingerprint density at radius 2 is 1.57 bits per heavy atom. The Hall–Kier alpha value is -3.72. The number of aryl methyl sites for hydroxylation is 1. The molecule has 0 spiro atoms. The van der Waals surface area contributed by atoms with Gasteiger partial charge in [-0.05, 0) is 62.1 Å². The van der Waals surface area contributed by atoms with Gasteiger partial charge < -0.3 is 10.2 Å². The van der Waals surface area contributed by atoms with Crippen molar-refractivity contribution in [3.8, 4) is 0 Å². The number of carbonyl (C=O) groups excluding carboxylic acids is 2. The minimum atomic E-state index is -4.14. The molecule has 3 aromatic rings. The van der Waals surface area contributed by atoms with Crippen LogP contribution in [-0.4, -0.2) is 43.8 Å². The predicted octanol–water partition coefficient (Wildman–Crippen LogP) is 5.06. The first-order valence-corrected chi connectivity index (χ1v) is 15.1. The molecule has 0 heterocycles. The number of halogens is 1. The molecule has 1 N–H and O–H groups in total. The van der Waals surface area contributed by atoms with E-state index in [2.05, 4.69) is 5.32 Å². The van der Waals surface area contributed by atoms with E-state index in [1.54, 1.807) is 55.5 Å². The summed E-state index contributed by atoms with van der Waals surface area (Å²) in [5, 5.41) is 3.01. The first-order chi connectivity index (χ1) is 19.2. The van der Waals surface area contributed by atoms with Crippen molar-refractivity contribution in [1.82, 2.24) is 10.2 Å². The van der Waals surface area contributed by atoms with E-state index in [0.717, 1.165) is 42.0 Å². The molecule has 0 saturated heterocycles. The molecule has 1 saturated carbocycles. The third kappa shape index (κ3) is 6.88. The maximum atomic E-state index is 14.7. The Balaban J connectivity index is 1.68. The Morgan fingerprint density at radius 3 is 2.20 bits per heavy atom. The lowest BCUT2D eigenvalue weighted by Gasteiger charge is -2.32. The normalized spacial score (nSPS) is 14.5. The fourth-order valence-corrected chi connectivity index (χ4v) is 6.37. The zero-order valence-corrected chi connectivity index (χ0v) is 23.7. The second kappa shape index (κ2) is 13.1. The van der Waals surface area contributed by atoms with Crippen LogP contribution in [0.5, 0.6) is 0 Å². The Kier molecular flexibility index (Phi) is 9.58. The van der Waals surface area contributed by atoms with Crippen molar-refractivity contribution in [3.63, 3.8) is 0 Å². The third-order valence-corrected chi connectivity index (χ3v) is 9.20. The second-order valence-corrected chi connectivity index (χ2v) is 12.0. The molecule has 40 heavy (non-hydrogen) atoms. The van der Waals surface area contributed by atoms with Crippen molar-refractivity contribution in [1.29, 1.82) is 0 Å². The van der Waals surface area contributed by atoms with Gasteiger partial charge in [0.25, 0.3) is 10.0 Å². The van der Waals surface area contributed by atoms with Crippen LogP contribution in [0, 0.1) is 5.82 Å². The minimum Gasteiger partial charge on any atom is -0.352 e. The molecule has 9 heteroatoms. The highest BCUT2D eigenvalue weighted by Crippen LogP contribution is 2.25. The Morgan fingerprint density at radius 1 is 0.950 bits per heavy atom. The van der Waals surface area contributed by atoms with Crippen LogP contribution in [0.4, 0.5) is 10.1 Å². The molecule has 2 amide bonds. The highest BCUT2D eigenvalue weighted by atomic mass is 32.2. The maximum Gasteiger partial charge on any atom is 0.264 e. The number of anilines is 1. The molecule has 7 nitrogen and oxygen atoms in total. The molecule has 4 rings (SSSR count). The molecule has 0 aliphatic heterocycles. The molecule has 0 unspecified atom stereocenters. The molecule has 1 fully saturated rings. The first-order valence-electron chi connectivity index (χ1n) is 13.7. The van der Waals surface area contributed by atoms with Gasteiger partial charge in [0.05, 0.1) is 10.6 Å². The van der Waals surface area contributed by atoms with Crippen LogP contribution in [0.3, 0.4) is 0 Å². The van der Waals surface area contributed by atoms with E-state index in [0.29, 0.717) is 5.69 Å². The van der Waals surface area contributed by atoms with Gasteiger partial charge in [0, 0.05) is 18.2 Å². The minimum absolute atomic E-state index is 0.0346. The zero-order valence-electron chi connectivity index (χ0n) is 22.9. The molecule has 0 radical (unpaired) electrons. The molecule has 1 aliphatic rings. The van der Waals surface area contributed by atoms with Crippen molar-refractivity contribution in [2.24, 2.45) is 0 Å². The maximum absolute atomic E-state index is 14.7. The van der Waals surface area contributed by atoms with Gasteiger partial charge in [-0.25, -0.2) is 12.8 Å². The van der Waals surface area contributed by atoms with E-state index in [1.807, 2.05) is 19.1 Å². The van der Waals surface area contributed by atoms with E-state index in [-0.39, 0.29) is 29.0 Å². The summed E-state index contributed by atoms with van der Waals surface area (Å²) in [6.07, 6.45) is 4.57. The molecule has 1 atom stereocenters. The second-order valence-electron chi connectivity index (χ2n) is 10.1. The van der Waals surface area contributed by atoms with Gasteiger partial charge in [0.15, 0.2) is 0 Å². The van der Waals surface area contributed by atoms with Crippen LogP contribution in [0.25, 0.3) is 0 Å². The lowest BCUT2D eigenvalue weighted by Crippen LogP contribution is -2.52. The van der Waals surface area contributed by atoms with Gasteiger partial charge >= 0.3 is 0 Å². The van der Waals surface area contributed by atoms with Crippen LogP contribution in [0.15, 0.2) is 83.8 Å². The quantitative estimate of drug-likeness (QED) is 0.352. The molecule has 0 bridgehead atoms. The lowest BCUT2D eigenvalue weighted by molar-refractivity contribution is -0.139. The summed E-state index contributed by atoms with van der Waals surface area (Å²) in [5.41, 5.74) is 1.58.